The maximum absolute atomic E-state index is 11.2. The Hall–Kier alpha value is 0.0700. The van der Waals surface area contributed by atoms with Crippen molar-refractivity contribution < 1.29 is 4.21 Å². The lowest BCUT2D eigenvalue weighted by Crippen LogP contribution is -2.63. The molecule has 2 aliphatic rings. The van der Waals surface area contributed by atoms with Crippen LogP contribution in [0.4, 0.5) is 0 Å². The predicted molar refractivity (Wildman–Crippen MR) is 78.3 cm³/mol. The van der Waals surface area contributed by atoms with Gasteiger partial charge in [0.05, 0.1) is 0 Å². The predicted octanol–water partition coefficient (Wildman–Crippen LogP) is 1.61. The zero-order valence-electron chi connectivity index (χ0n) is 12.1. The molecule has 18 heavy (non-hydrogen) atoms. The highest BCUT2D eigenvalue weighted by Gasteiger charge is 2.45. The van der Waals surface area contributed by atoms with Crippen LogP contribution in [0.3, 0.4) is 0 Å². The molecule has 106 valence electrons. The molecular formula is C14H28N2OS. The molecule has 0 aromatic carbocycles. The van der Waals surface area contributed by atoms with Crippen LogP contribution in [0.1, 0.15) is 39.5 Å². The lowest BCUT2D eigenvalue weighted by Gasteiger charge is -2.46. The standard InChI is InChI=1S/C14H28N2OS/c1-4-13-10-15-14(2,12-6-7-12)11-16(13)8-5-9-18(3)17/h12-13,15H,4-11H2,1-3H3. The summed E-state index contributed by atoms with van der Waals surface area (Å²) < 4.78 is 11.2. The van der Waals surface area contributed by atoms with Gasteiger partial charge in [0.1, 0.15) is 0 Å². The van der Waals surface area contributed by atoms with Crippen LogP contribution in [0.15, 0.2) is 0 Å². The fraction of sp³-hybridized carbons (Fsp3) is 1.00. The quantitative estimate of drug-likeness (QED) is 0.797. The van der Waals surface area contributed by atoms with E-state index in [0.29, 0.717) is 11.6 Å². The van der Waals surface area contributed by atoms with E-state index in [0.717, 1.165) is 31.2 Å². The summed E-state index contributed by atoms with van der Waals surface area (Å²) in [7, 11) is -0.641. The van der Waals surface area contributed by atoms with Gasteiger partial charge in [0.2, 0.25) is 0 Å². The third-order valence-electron chi connectivity index (χ3n) is 4.62. The molecule has 1 aliphatic heterocycles. The van der Waals surface area contributed by atoms with Crippen LogP contribution < -0.4 is 5.32 Å². The molecule has 3 nitrogen and oxygen atoms in total. The largest absolute Gasteiger partial charge is 0.308 e. The van der Waals surface area contributed by atoms with Crippen molar-refractivity contribution in [3.8, 4) is 0 Å². The zero-order valence-corrected chi connectivity index (χ0v) is 12.9. The third kappa shape index (κ3) is 3.55. The first-order valence-corrected chi connectivity index (χ1v) is 9.07. The summed E-state index contributed by atoms with van der Waals surface area (Å²) >= 11 is 0. The van der Waals surface area contributed by atoms with Gasteiger partial charge < -0.3 is 5.32 Å². The summed E-state index contributed by atoms with van der Waals surface area (Å²) in [6, 6.07) is 0.669. The van der Waals surface area contributed by atoms with E-state index in [4.69, 9.17) is 0 Å². The van der Waals surface area contributed by atoms with E-state index >= 15 is 0 Å². The van der Waals surface area contributed by atoms with Crippen molar-refractivity contribution in [2.45, 2.75) is 51.1 Å². The van der Waals surface area contributed by atoms with Gasteiger partial charge >= 0.3 is 0 Å². The van der Waals surface area contributed by atoms with Crippen LogP contribution >= 0.6 is 0 Å². The molecule has 2 fully saturated rings. The second-order valence-electron chi connectivity index (χ2n) is 6.24. The van der Waals surface area contributed by atoms with Crippen LogP contribution in [0, 0.1) is 5.92 Å². The Morgan fingerprint density at radius 2 is 2.17 bits per heavy atom. The average Bonchev–Trinajstić information content (AvgIpc) is 3.13. The second-order valence-corrected chi connectivity index (χ2v) is 7.79. The summed E-state index contributed by atoms with van der Waals surface area (Å²) in [6.45, 7) is 8.08. The van der Waals surface area contributed by atoms with Crippen LogP contribution in [-0.2, 0) is 10.8 Å². The minimum absolute atomic E-state index is 0.330. The third-order valence-corrected chi connectivity index (χ3v) is 5.48. The first kappa shape index (κ1) is 14.5. The molecule has 1 saturated carbocycles. The van der Waals surface area contributed by atoms with Crippen LogP contribution in [0.25, 0.3) is 0 Å². The molecule has 3 unspecified atom stereocenters. The van der Waals surface area contributed by atoms with Gasteiger partial charge in [0, 0.05) is 47.5 Å². The molecular weight excluding hydrogens is 244 g/mol. The molecule has 4 heteroatoms. The highest BCUT2D eigenvalue weighted by molar-refractivity contribution is 7.84. The van der Waals surface area contributed by atoms with Gasteiger partial charge in [-0.15, -0.1) is 0 Å². The van der Waals surface area contributed by atoms with Crippen molar-refractivity contribution in [3.05, 3.63) is 0 Å². The Labute approximate surface area is 114 Å². The fourth-order valence-electron chi connectivity index (χ4n) is 3.22. The van der Waals surface area contributed by atoms with Crippen molar-refractivity contribution in [1.29, 1.82) is 0 Å². The number of hydrogen-bond donors (Lipinski definition) is 1. The highest BCUT2D eigenvalue weighted by atomic mass is 32.2. The van der Waals surface area contributed by atoms with Gasteiger partial charge in [-0.25, -0.2) is 0 Å². The number of nitrogens with zero attached hydrogens (tertiary/aromatic N) is 1. The van der Waals surface area contributed by atoms with Gasteiger partial charge in [-0.05, 0) is 45.1 Å². The van der Waals surface area contributed by atoms with Crippen LogP contribution in [0.5, 0.6) is 0 Å². The maximum atomic E-state index is 11.2. The molecule has 0 bridgehead atoms. The maximum Gasteiger partial charge on any atom is 0.0309 e. The Balaban J connectivity index is 1.88. The molecule has 1 saturated heterocycles. The summed E-state index contributed by atoms with van der Waals surface area (Å²) in [6.07, 6.45) is 6.88. The van der Waals surface area contributed by atoms with E-state index in [9.17, 15) is 4.21 Å². The Morgan fingerprint density at radius 3 is 2.72 bits per heavy atom. The first-order valence-electron chi connectivity index (χ1n) is 7.34. The van der Waals surface area contributed by atoms with E-state index in [-0.39, 0.29) is 0 Å². The summed E-state index contributed by atoms with van der Waals surface area (Å²) in [4.78, 5) is 2.64. The topological polar surface area (TPSA) is 32.3 Å². The molecule has 1 aliphatic carbocycles. The fourth-order valence-corrected chi connectivity index (χ4v) is 3.75. The average molecular weight is 272 g/mol. The second kappa shape index (κ2) is 6.02. The van der Waals surface area contributed by atoms with E-state index < -0.39 is 10.8 Å². The summed E-state index contributed by atoms with van der Waals surface area (Å²) in [5, 5.41) is 3.79. The highest BCUT2D eigenvalue weighted by Crippen LogP contribution is 2.41. The minimum atomic E-state index is -0.641. The molecule has 0 aromatic heterocycles. The number of hydrogen-bond acceptors (Lipinski definition) is 3. The van der Waals surface area contributed by atoms with Gasteiger partial charge in [-0.3, -0.25) is 9.11 Å². The molecule has 0 aromatic rings. The first-order chi connectivity index (χ1) is 8.55. The molecule has 0 radical (unpaired) electrons. The molecule has 1 heterocycles. The lowest BCUT2D eigenvalue weighted by atomic mass is 9.90. The van der Waals surface area contributed by atoms with Gasteiger partial charge in [0.25, 0.3) is 0 Å². The van der Waals surface area contributed by atoms with Crippen molar-refractivity contribution in [2.24, 2.45) is 5.92 Å². The molecule has 2 rings (SSSR count). The zero-order chi connectivity index (χ0) is 13.2. The normalized spacial score (nSPS) is 35.6. The van der Waals surface area contributed by atoms with Gasteiger partial charge in [-0.1, -0.05) is 6.92 Å². The Bertz CT molecular complexity index is 306. The molecule has 1 N–H and O–H groups in total. The monoisotopic (exact) mass is 272 g/mol. The van der Waals surface area contributed by atoms with E-state index in [1.54, 1.807) is 0 Å². The molecule has 0 spiro atoms. The Kier molecular flexibility index (Phi) is 4.84. The van der Waals surface area contributed by atoms with Crippen molar-refractivity contribution in [1.82, 2.24) is 10.2 Å². The van der Waals surface area contributed by atoms with Gasteiger partial charge in [0.15, 0.2) is 0 Å². The van der Waals surface area contributed by atoms with Gasteiger partial charge in [-0.2, -0.15) is 0 Å². The summed E-state index contributed by atoms with van der Waals surface area (Å²) in [5.74, 6) is 1.73. The van der Waals surface area contributed by atoms with Crippen molar-refractivity contribution >= 4 is 10.8 Å². The molecule has 0 amide bonds. The smallest absolute Gasteiger partial charge is 0.0309 e. The summed E-state index contributed by atoms with van der Waals surface area (Å²) in [5.41, 5.74) is 0.330. The lowest BCUT2D eigenvalue weighted by molar-refractivity contribution is 0.0733. The Morgan fingerprint density at radius 1 is 1.44 bits per heavy atom. The molecule has 3 atom stereocenters. The van der Waals surface area contributed by atoms with Crippen molar-refractivity contribution in [3.63, 3.8) is 0 Å². The van der Waals surface area contributed by atoms with Crippen molar-refractivity contribution in [2.75, 3.05) is 31.6 Å². The van der Waals surface area contributed by atoms with Crippen LogP contribution in [-0.4, -0.2) is 52.3 Å². The SMILES string of the molecule is CCC1CNC(C)(C2CC2)CN1CCCS(C)=O. The van der Waals surface area contributed by atoms with E-state index in [2.05, 4.69) is 24.1 Å². The number of piperazine rings is 1. The van der Waals surface area contributed by atoms with E-state index in [1.165, 1.54) is 25.8 Å². The number of rotatable bonds is 6. The minimum Gasteiger partial charge on any atom is -0.308 e. The number of nitrogens with one attached hydrogen (secondary N) is 1. The van der Waals surface area contributed by atoms with Crippen LogP contribution in [0.2, 0.25) is 0 Å². The van der Waals surface area contributed by atoms with E-state index in [1.807, 2.05) is 6.26 Å².